The molecule has 0 atom stereocenters. The molecule has 0 spiro atoms. The van der Waals surface area contributed by atoms with E-state index in [0.717, 1.165) is 0 Å². The maximum atomic E-state index is 12.7. The molecule has 0 saturated heterocycles. The topological polar surface area (TPSA) is 58.2 Å². The molecule has 0 aromatic heterocycles. The number of carbonyl (C=O) groups excluding carboxylic acids is 2. The van der Waals surface area contributed by atoms with Gasteiger partial charge in [-0.15, -0.1) is 0 Å². The van der Waals surface area contributed by atoms with Gasteiger partial charge < -0.3 is 10.6 Å². The Kier molecular flexibility index (Phi) is 3.92. The molecule has 2 rings (SSSR count). The first-order valence-electron chi connectivity index (χ1n) is 5.98. The van der Waals surface area contributed by atoms with E-state index in [1.54, 1.807) is 0 Å². The summed E-state index contributed by atoms with van der Waals surface area (Å²) in [6.45, 7) is 0. The Morgan fingerprint density at radius 2 is 1.78 bits per heavy atom. The zero-order valence-corrected chi connectivity index (χ0v) is 9.91. The lowest BCUT2D eigenvalue weighted by Gasteiger charge is -2.22. The highest BCUT2D eigenvalue weighted by atomic mass is 19.1. The largest absolute Gasteiger partial charge is 0.335 e. The van der Waals surface area contributed by atoms with Crippen molar-refractivity contribution in [3.05, 3.63) is 30.1 Å². The van der Waals surface area contributed by atoms with Crippen LogP contribution in [-0.4, -0.2) is 17.9 Å². The number of benzene rings is 1. The van der Waals surface area contributed by atoms with Crippen LogP contribution in [0, 0.1) is 5.82 Å². The predicted octanol–water partition coefficient (Wildman–Crippen LogP) is 2.46. The van der Waals surface area contributed by atoms with Crippen molar-refractivity contribution >= 4 is 17.5 Å². The number of Topliss-reactive ketones (excluding diaryl/α,β-unsaturated/α-hetero) is 1. The molecular weight excluding hydrogens is 235 g/mol. The van der Waals surface area contributed by atoms with Crippen LogP contribution < -0.4 is 10.6 Å². The molecule has 96 valence electrons. The molecule has 1 aliphatic rings. The maximum Gasteiger partial charge on any atom is 0.319 e. The summed E-state index contributed by atoms with van der Waals surface area (Å²) in [5.74, 6) is -0.0845. The lowest BCUT2D eigenvalue weighted by molar-refractivity contribution is -0.120. The fourth-order valence-corrected chi connectivity index (χ4v) is 1.97. The summed E-state index contributed by atoms with van der Waals surface area (Å²) in [6, 6.07) is 5.30. The van der Waals surface area contributed by atoms with Crippen molar-refractivity contribution < 1.29 is 14.0 Å². The lowest BCUT2D eigenvalue weighted by Crippen LogP contribution is -2.40. The summed E-state index contributed by atoms with van der Waals surface area (Å²) in [5.41, 5.74) is 0.542. The molecule has 18 heavy (non-hydrogen) atoms. The van der Waals surface area contributed by atoms with Crippen LogP contribution in [-0.2, 0) is 4.79 Å². The quantitative estimate of drug-likeness (QED) is 0.847. The van der Waals surface area contributed by atoms with Gasteiger partial charge in [0.05, 0.1) is 0 Å². The van der Waals surface area contributed by atoms with Crippen LogP contribution in [0.5, 0.6) is 0 Å². The van der Waals surface area contributed by atoms with Crippen molar-refractivity contribution in [1.82, 2.24) is 5.32 Å². The van der Waals surface area contributed by atoms with Crippen LogP contribution in [0.2, 0.25) is 0 Å². The van der Waals surface area contributed by atoms with Gasteiger partial charge in [-0.1, -0.05) is 0 Å². The highest BCUT2D eigenvalue weighted by Gasteiger charge is 2.19. The van der Waals surface area contributed by atoms with E-state index in [1.807, 2.05) is 0 Å². The second-order valence-electron chi connectivity index (χ2n) is 4.42. The molecule has 0 bridgehead atoms. The van der Waals surface area contributed by atoms with Gasteiger partial charge in [-0.3, -0.25) is 4.79 Å². The molecule has 0 aliphatic heterocycles. The van der Waals surface area contributed by atoms with E-state index in [9.17, 15) is 14.0 Å². The molecule has 2 N–H and O–H groups in total. The first-order valence-corrected chi connectivity index (χ1v) is 5.98. The van der Waals surface area contributed by atoms with Crippen LogP contribution in [0.3, 0.4) is 0 Å². The summed E-state index contributed by atoms with van der Waals surface area (Å²) in [4.78, 5) is 22.7. The number of halogens is 1. The van der Waals surface area contributed by atoms with E-state index in [2.05, 4.69) is 10.6 Å². The Bertz CT molecular complexity index is 435. The molecule has 0 unspecified atom stereocenters. The highest BCUT2D eigenvalue weighted by Crippen LogP contribution is 2.15. The van der Waals surface area contributed by atoms with Crippen molar-refractivity contribution in [2.24, 2.45) is 0 Å². The number of amides is 2. The van der Waals surface area contributed by atoms with Crippen molar-refractivity contribution in [3.63, 3.8) is 0 Å². The molecule has 1 saturated carbocycles. The molecule has 4 nitrogen and oxygen atoms in total. The van der Waals surface area contributed by atoms with Gasteiger partial charge in [-0.2, -0.15) is 0 Å². The van der Waals surface area contributed by atoms with Crippen molar-refractivity contribution in [1.29, 1.82) is 0 Å². The van der Waals surface area contributed by atoms with Gasteiger partial charge >= 0.3 is 6.03 Å². The van der Waals surface area contributed by atoms with Crippen molar-refractivity contribution in [3.8, 4) is 0 Å². The second-order valence-corrected chi connectivity index (χ2v) is 4.42. The van der Waals surface area contributed by atoms with Gasteiger partial charge in [0, 0.05) is 24.6 Å². The van der Waals surface area contributed by atoms with Crippen molar-refractivity contribution in [2.45, 2.75) is 31.7 Å². The van der Waals surface area contributed by atoms with Crippen LogP contribution in [0.15, 0.2) is 24.3 Å². The van der Waals surface area contributed by atoms with Gasteiger partial charge in [-0.25, -0.2) is 9.18 Å². The average Bonchev–Trinajstić information content (AvgIpc) is 2.35. The lowest BCUT2D eigenvalue weighted by atomic mass is 9.94. The first-order chi connectivity index (χ1) is 8.63. The Morgan fingerprint density at radius 3 is 2.39 bits per heavy atom. The third-order valence-corrected chi connectivity index (χ3v) is 2.98. The maximum absolute atomic E-state index is 12.7. The third-order valence-electron chi connectivity index (χ3n) is 2.98. The predicted molar refractivity (Wildman–Crippen MR) is 65.8 cm³/mol. The molecule has 0 radical (unpaired) electrons. The van der Waals surface area contributed by atoms with Crippen LogP contribution in [0.1, 0.15) is 25.7 Å². The standard InChI is InChI=1S/C13H15FN2O2/c14-9-1-3-10(4-2-9)15-13(18)16-11-5-7-12(17)8-6-11/h1-4,11H,5-8H2,(H2,15,16,18). The minimum atomic E-state index is -0.341. The smallest absolute Gasteiger partial charge is 0.319 e. The number of urea groups is 1. The van der Waals surface area contributed by atoms with E-state index >= 15 is 0 Å². The van der Waals surface area contributed by atoms with Gasteiger partial charge in [-0.05, 0) is 37.1 Å². The van der Waals surface area contributed by atoms with E-state index in [-0.39, 0.29) is 23.7 Å². The number of hydrogen-bond donors (Lipinski definition) is 2. The molecule has 5 heteroatoms. The molecular formula is C13H15FN2O2. The number of nitrogens with one attached hydrogen (secondary N) is 2. The summed E-state index contributed by atoms with van der Waals surface area (Å²) in [6.07, 6.45) is 2.44. The molecule has 1 aromatic rings. The molecule has 0 heterocycles. The summed E-state index contributed by atoms with van der Waals surface area (Å²) in [7, 11) is 0. The number of rotatable bonds is 2. The van der Waals surface area contributed by atoms with Gasteiger partial charge in [0.1, 0.15) is 11.6 Å². The van der Waals surface area contributed by atoms with Crippen molar-refractivity contribution in [2.75, 3.05) is 5.32 Å². The van der Waals surface area contributed by atoms with Crippen LogP contribution in [0.4, 0.5) is 14.9 Å². The summed E-state index contributed by atoms with van der Waals surface area (Å²) >= 11 is 0. The monoisotopic (exact) mass is 250 g/mol. The molecule has 1 fully saturated rings. The Morgan fingerprint density at radius 1 is 1.17 bits per heavy atom. The SMILES string of the molecule is O=C1CCC(NC(=O)Nc2ccc(F)cc2)CC1. The number of anilines is 1. The molecule has 2 amide bonds. The Labute approximate surface area is 105 Å². The van der Waals surface area contributed by atoms with Crippen LogP contribution in [0.25, 0.3) is 0 Å². The van der Waals surface area contributed by atoms with Gasteiger partial charge in [0.15, 0.2) is 0 Å². The number of carbonyl (C=O) groups is 2. The summed E-state index contributed by atoms with van der Waals surface area (Å²) in [5, 5.41) is 5.43. The normalized spacial score (nSPS) is 16.4. The van der Waals surface area contributed by atoms with E-state index in [1.165, 1.54) is 24.3 Å². The van der Waals surface area contributed by atoms with Crippen LogP contribution >= 0.6 is 0 Å². The zero-order valence-electron chi connectivity index (χ0n) is 9.91. The average molecular weight is 250 g/mol. The Hall–Kier alpha value is -1.91. The zero-order chi connectivity index (χ0) is 13.0. The summed E-state index contributed by atoms with van der Waals surface area (Å²) < 4.78 is 12.7. The minimum Gasteiger partial charge on any atom is -0.335 e. The number of ketones is 1. The van der Waals surface area contributed by atoms with E-state index in [0.29, 0.717) is 31.4 Å². The third kappa shape index (κ3) is 3.55. The molecule has 1 aromatic carbocycles. The fourth-order valence-electron chi connectivity index (χ4n) is 1.97. The Balaban J connectivity index is 1.81. The number of hydrogen-bond acceptors (Lipinski definition) is 2. The molecule has 1 aliphatic carbocycles. The van der Waals surface area contributed by atoms with Gasteiger partial charge in [0.25, 0.3) is 0 Å². The fraction of sp³-hybridized carbons (Fsp3) is 0.385. The second kappa shape index (κ2) is 5.62. The first kappa shape index (κ1) is 12.5. The van der Waals surface area contributed by atoms with Gasteiger partial charge in [0.2, 0.25) is 0 Å². The van der Waals surface area contributed by atoms with E-state index < -0.39 is 0 Å². The minimum absolute atomic E-state index is 0.0446. The highest BCUT2D eigenvalue weighted by molar-refractivity contribution is 5.89. The van der Waals surface area contributed by atoms with E-state index in [4.69, 9.17) is 0 Å².